The van der Waals surface area contributed by atoms with Crippen LogP contribution in [0.4, 0.5) is 0 Å². The van der Waals surface area contributed by atoms with Crippen molar-refractivity contribution in [1.29, 1.82) is 0 Å². The van der Waals surface area contributed by atoms with Gasteiger partial charge in [0.2, 0.25) is 7.14 Å². The van der Waals surface area contributed by atoms with Gasteiger partial charge in [0.1, 0.15) is 11.5 Å². The van der Waals surface area contributed by atoms with Crippen molar-refractivity contribution < 1.29 is 18.8 Å². The van der Waals surface area contributed by atoms with Gasteiger partial charge in [-0.05, 0) is 12.1 Å². The fraction of sp³-hybridized carbons (Fsp3) is 0.0952. The molecule has 0 heterocycles. The Morgan fingerprint density at radius 3 is 1.46 bits per heavy atom. The highest BCUT2D eigenvalue weighted by molar-refractivity contribution is 7.91. The summed E-state index contributed by atoms with van der Waals surface area (Å²) in [5, 5.41) is 1.16. The highest BCUT2D eigenvalue weighted by Crippen LogP contribution is 2.39. The average Bonchev–Trinajstić information content (AvgIpc) is 2.75. The summed E-state index contributed by atoms with van der Waals surface area (Å²) in [6.07, 6.45) is 0. The summed E-state index contributed by atoms with van der Waals surface area (Å²) >= 11 is 0. The first kappa shape index (κ1) is 19.5. The zero-order valence-corrected chi connectivity index (χ0v) is 15.6. The summed E-state index contributed by atoms with van der Waals surface area (Å²) in [6, 6.07) is 25.8. The van der Waals surface area contributed by atoms with Crippen LogP contribution in [0.15, 0.2) is 84.9 Å². The second kappa shape index (κ2) is 9.59. The van der Waals surface area contributed by atoms with E-state index in [1.807, 2.05) is 36.4 Å². The number of carbonyl (C=O) groups excluding carboxylic acids is 1. The summed E-state index contributed by atoms with van der Waals surface area (Å²) in [5.41, 5.74) is 0. The summed E-state index contributed by atoms with van der Waals surface area (Å²) in [7, 11) is 0.182. The summed E-state index contributed by atoms with van der Waals surface area (Å²) in [4.78, 5) is 11.2. The predicted molar refractivity (Wildman–Crippen MR) is 106 cm³/mol. The molecule has 0 unspecified atom stereocenters. The van der Waals surface area contributed by atoms with Gasteiger partial charge < -0.3 is 14.0 Å². The van der Waals surface area contributed by atoms with Crippen molar-refractivity contribution in [3.8, 4) is 11.5 Å². The molecule has 0 aliphatic heterocycles. The molecule has 0 aliphatic carbocycles. The molecule has 0 N–H and O–H groups in total. The van der Waals surface area contributed by atoms with Gasteiger partial charge in [-0.2, -0.15) is 0 Å². The Kier molecular flexibility index (Phi) is 7.19. The second-order valence-corrected chi connectivity index (χ2v) is 7.88. The van der Waals surface area contributed by atoms with Crippen LogP contribution in [0, 0.1) is 0 Å². The summed E-state index contributed by atoms with van der Waals surface area (Å²) < 4.78 is 22.6. The van der Waals surface area contributed by atoms with Gasteiger partial charge in [-0.25, -0.2) is 0 Å². The maximum atomic E-state index is 12.6. The minimum Gasteiger partial charge on any atom is -0.497 e. The molecular formula is C21H21O4P. The molecule has 3 aromatic carbocycles. The van der Waals surface area contributed by atoms with Gasteiger partial charge >= 0.3 is 0 Å². The maximum Gasteiger partial charge on any atom is 0.201 e. The van der Waals surface area contributed by atoms with Crippen molar-refractivity contribution in [3.63, 3.8) is 0 Å². The van der Waals surface area contributed by atoms with E-state index in [-0.39, 0.29) is 0 Å². The molecule has 5 heteroatoms. The van der Waals surface area contributed by atoms with E-state index >= 15 is 0 Å². The Labute approximate surface area is 153 Å². The van der Waals surface area contributed by atoms with Crippen molar-refractivity contribution in [2.24, 2.45) is 0 Å². The van der Waals surface area contributed by atoms with Gasteiger partial charge in [0.15, 0.2) is 6.03 Å². The first-order valence-electron chi connectivity index (χ1n) is 7.99. The number of hydrogen-bond donors (Lipinski definition) is 0. The normalized spacial score (nSPS) is 10.2. The van der Waals surface area contributed by atoms with Gasteiger partial charge in [-0.1, -0.05) is 66.7 Å². The van der Waals surface area contributed by atoms with Crippen LogP contribution in [0.3, 0.4) is 0 Å². The van der Waals surface area contributed by atoms with Crippen molar-refractivity contribution >= 4 is 23.8 Å². The van der Waals surface area contributed by atoms with Crippen molar-refractivity contribution in [2.75, 3.05) is 14.2 Å². The lowest BCUT2D eigenvalue weighted by Gasteiger charge is -2.11. The molecule has 134 valence electrons. The average molecular weight is 368 g/mol. The molecule has 26 heavy (non-hydrogen) atoms. The lowest BCUT2D eigenvalue weighted by molar-refractivity contribution is 0.394. The molecule has 0 aliphatic rings. The van der Waals surface area contributed by atoms with E-state index < -0.39 is 7.14 Å². The zero-order chi connectivity index (χ0) is 18.8. The third kappa shape index (κ3) is 4.84. The van der Waals surface area contributed by atoms with Gasteiger partial charge in [0, 0.05) is 16.7 Å². The molecule has 0 atom stereocenters. The summed E-state index contributed by atoms with van der Waals surface area (Å²) in [6.45, 7) is 0. The van der Waals surface area contributed by atoms with E-state index in [4.69, 9.17) is 9.47 Å². The standard InChI is InChI=1S/C13H11O2P.C8H10O2/c14-11-16(15,12-7-3-1-4-8-12)13-9-5-2-6-10-13;1-9-7-4-3-5-8(6-7)10-2/h1-11H;3-6H,1-2H3. The van der Waals surface area contributed by atoms with Crippen LogP contribution in [0.5, 0.6) is 11.5 Å². The topological polar surface area (TPSA) is 52.6 Å². The molecular weight excluding hydrogens is 347 g/mol. The quantitative estimate of drug-likeness (QED) is 0.506. The largest absolute Gasteiger partial charge is 0.497 e. The van der Waals surface area contributed by atoms with Crippen molar-refractivity contribution in [1.82, 2.24) is 0 Å². The van der Waals surface area contributed by atoms with E-state index in [1.54, 1.807) is 62.8 Å². The third-order valence-electron chi connectivity index (χ3n) is 3.70. The Bertz CT molecular complexity index is 801. The number of methoxy groups -OCH3 is 2. The molecule has 0 saturated carbocycles. The molecule has 3 rings (SSSR count). The molecule has 0 spiro atoms. The Morgan fingerprint density at radius 2 is 1.12 bits per heavy atom. The van der Waals surface area contributed by atoms with Gasteiger partial charge in [-0.3, -0.25) is 4.79 Å². The molecule has 0 radical (unpaired) electrons. The van der Waals surface area contributed by atoms with E-state index in [2.05, 4.69) is 0 Å². The van der Waals surface area contributed by atoms with Crippen LogP contribution in [-0.4, -0.2) is 20.2 Å². The second-order valence-electron chi connectivity index (χ2n) is 5.32. The minimum absolute atomic E-state index is 0.567. The SMILES string of the molecule is COc1cccc(OC)c1.O=CP(=O)(c1ccccc1)c1ccccc1. The number of carbonyl (C=O) groups is 1. The van der Waals surface area contributed by atoms with Gasteiger partial charge in [-0.15, -0.1) is 0 Å². The first-order chi connectivity index (χ1) is 12.6. The lowest BCUT2D eigenvalue weighted by atomic mass is 10.3. The molecule has 3 aromatic rings. The molecule has 4 nitrogen and oxygen atoms in total. The number of hydrogen-bond acceptors (Lipinski definition) is 4. The van der Waals surface area contributed by atoms with E-state index in [9.17, 15) is 9.36 Å². The maximum absolute atomic E-state index is 12.6. The van der Waals surface area contributed by atoms with Gasteiger partial charge in [0.05, 0.1) is 14.2 Å². The molecule has 0 amide bonds. The van der Waals surface area contributed by atoms with Crippen LogP contribution in [0.1, 0.15) is 0 Å². The highest BCUT2D eigenvalue weighted by atomic mass is 31.2. The van der Waals surface area contributed by atoms with Crippen molar-refractivity contribution in [2.45, 2.75) is 0 Å². The van der Waals surface area contributed by atoms with E-state index in [1.165, 1.54) is 0 Å². The lowest BCUT2D eigenvalue weighted by Crippen LogP contribution is -2.16. The zero-order valence-electron chi connectivity index (χ0n) is 14.7. The third-order valence-corrected chi connectivity index (χ3v) is 6.13. The Morgan fingerprint density at radius 1 is 0.692 bits per heavy atom. The van der Waals surface area contributed by atoms with Crippen LogP contribution >= 0.6 is 7.14 Å². The van der Waals surface area contributed by atoms with Crippen molar-refractivity contribution in [3.05, 3.63) is 84.9 Å². The highest BCUT2D eigenvalue weighted by Gasteiger charge is 2.25. The number of rotatable bonds is 5. The van der Waals surface area contributed by atoms with Gasteiger partial charge in [0.25, 0.3) is 0 Å². The Hall–Kier alpha value is -2.84. The minimum atomic E-state index is -3.09. The monoisotopic (exact) mass is 368 g/mol. The van der Waals surface area contributed by atoms with E-state index in [0.717, 1.165) is 11.5 Å². The molecule has 0 fully saturated rings. The van der Waals surface area contributed by atoms with Crippen LogP contribution < -0.4 is 20.1 Å². The van der Waals surface area contributed by atoms with Crippen LogP contribution in [0.25, 0.3) is 0 Å². The molecule has 0 bridgehead atoms. The van der Waals surface area contributed by atoms with Crippen LogP contribution in [-0.2, 0) is 9.36 Å². The van der Waals surface area contributed by atoms with E-state index in [0.29, 0.717) is 16.6 Å². The molecule has 0 saturated heterocycles. The Balaban J connectivity index is 0.000000209. The predicted octanol–water partition coefficient (Wildman–Crippen LogP) is 3.89. The number of ether oxygens (including phenoxy) is 2. The fourth-order valence-corrected chi connectivity index (χ4v) is 4.07. The first-order valence-corrected chi connectivity index (χ1v) is 9.77. The summed E-state index contributed by atoms with van der Waals surface area (Å²) in [5.74, 6) is 1.64. The fourth-order valence-electron chi connectivity index (χ4n) is 2.30. The number of benzene rings is 3. The van der Waals surface area contributed by atoms with Crippen LogP contribution in [0.2, 0.25) is 0 Å². The smallest absolute Gasteiger partial charge is 0.201 e. The molecule has 0 aromatic heterocycles.